The van der Waals surface area contributed by atoms with Crippen LogP contribution in [-0.4, -0.2) is 30.0 Å². The smallest absolute Gasteiger partial charge is 0.339 e. The maximum absolute atomic E-state index is 13.1. The summed E-state index contributed by atoms with van der Waals surface area (Å²) in [5.74, 6) is -1.24. The van der Waals surface area contributed by atoms with E-state index in [1.54, 1.807) is 60.7 Å². The summed E-state index contributed by atoms with van der Waals surface area (Å²) < 4.78 is 11.0. The summed E-state index contributed by atoms with van der Waals surface area (Å²) in [6, 6.07) is 26.8. The number of carbonyl (C=O) groups is 4. The first-order valence-electron chi connectivity index (χ1n) is 11.1. The van der Waals surface area contributed by atoms with Gasteiger partial charge in [-0.1, -0.05) is 66.7 Å². The van der Waals surface area contributed by atoms with Gasteiger partial charge < -0.3 is 14.8 Å². The number of fused-ring (bicyclic) bond motifs is 2. The largest absolute Gasteiger partial charge is 0.455 e. The van der Waals surface area contributed by atoms with E-state index in [1.165, 1.54) is 18.2 Å². The summed E-state index contributed by atoms with van der Waals surface area (Å²) in [6.45, 7) is -0.596. The number of hydrogen-bond donors (Lipinski definition) is 1. The number of ketones is 2. The van der Waals surface area contributed by atoms with Crippen molar-refractivity contribution in [2.24, 2.45) is 0 Å². The van der Waals surface area contributed by atoms with E-state index in [1.807, 2.05) is 18.2 Å². The van der Waals surface area contributed by atoms with Crippen LogP contribution in [0.4, 0.5) is 5.69 Å². The third kappa shape index (κ3) is 4.37. The Hall–Kier alpha value is -5.04. The quantitative estimate of drug-likeness (QED) is 0.344. The maximum atomic E-state index is 13.1. The van der Waals surface area contributed by atoms with Gasteiger partial charge in [-0.25, -0.2) is 4.79 Å². The molecule has 7 nitrogen and oxygen atoms in total. The second-order valence-corrected chi connectivity index (χ2v) is 7.97. The van der Waals surface area contributed by atoms with Crippen molar-refractivity contribution in [1.82, 2.24) is 0 Å². The standard InChI is InChI=1S/C29H19NO6/c31-25(30-23-15-6-7-16-24(23)36-18-9-2-1-3-10-18)17-35-29(34)22-14-8-13-21-26(22)28(33)20-12-5-4-11-19(20)27(21)32/h1-16H,17H2,(H,30,31). The van der Waals surface area contributed by atoms with Crippen LogP contribution >= 0.6 is 0 Å². The lowest BCUT2D eigenvalue weighted by molar-refractivity contribution is -0.119. The van der Waals surface area contributed by atoms with Gasteiger partial charge in [-0.15, -0.1) is 0 Å². The summed E-state index contributed by atoms with van der Waals surface area (Å²) in [5.41, 5.74) is 0.954. The van der Waals surface area contributed by atoms with Crippen molar-refractivity contribution in [1.29, 1.82) is 0 Å². The van der Waals surface area contributed by atoms with E-state index in [0.717, 1.165) is 0 Å². The van der Waals surface area contributed by atoms with Crippen LogP contribution in [0.1, 0.15) is 42.2 Å². The summed E-state index contributed by atoms with van der Waals surface area (Å²) in [6.07, 6.45) is 0. The fraction of sp³-hybridized carbons (Fsp3) is 0.0345. The molecule has 4 aromatic carbocycles. The van der Waals surface area contributed by atoms with Gasteiger partial charge in [0, 0.05) is 22.3 Å². The highest BCUT2D eigenvalue weighted by molar-refractivity contribution is 6.30. The number of para-hydroxylation sites is 3. The van der Waals surface area contributed by atoms with Gasteiger partial charge in [-0.3, -0.25) is 14.4 Å². The first-order chi connectivity index (χ1) is 17.5. The van der Waals surface area contributed by atoms with Crippen LogP contribution in [0.2, 0.25) is 0 Å². The van der Waals surface area contributed by atoms with E-state index >= 15 is 0 Å². The zero-order valence-electron chi connectivity index (χ0n) is 18.9. The summed E-state index contributed by atoms with van der Waals surface area (Å²) >= 11 is 0. The molecule has 0 saturated heterocycles. The van der Waals surface area contributed by atoms with Gasteiger partial charge in [0.25, 0.3) is 5.91 Å². The average molecular weight is 477 g/mol. The molecule has 0 fully saturated rings. The van der Waals surface area contributed by atoms with Crippen LogP contribution in [0.25, 0.3) is 0 Å². The number of esters is 1. The lowest BCUT2D eigenvalue weighted by atomic mass is 9.82. The number of nitrogens with one attached hydrogen (secondary N) is 1. The molecule has 0 unspecified atom stereocenters. The van der Waals surface area contributed by atoms with Crippen LogP contribution in [0.15, 0.2) is 97.1 Å². The normalized spacial score (nSPS) is 11.8. The third-order valence-corrected chi connectivity index (χ3v) is 5.64. The van der Waals surface area contributed by atoms with Crippen molar-refractivity contribution < 1.29 is 28.7 Å². The predicted molar refractivity (Wildman–Crippen MR) is 132 cm³/mol. The molecule has 36 heavy (non-hydrogen) atoms. The van der Waals surface area contributed by atoms with E-state index in [2.05, 4.69) is 5.32 Å². The molecule has 0 bridgehead atoms. The Labute approximate surface area is 206 Å². The van der Waals surface area contributed by atoms with Crippen molar-refractivity contribution in [2.45, 2.75) is 0 Å². The molecule has 0 spiro atoms. The van der Waals surface area contributed by atoms with Crippen LogP contribution in [0.3, 0.4) is 0 Å². The summed E-state index contributed by atoms with van der Waals surface area (Å²) in [4.78, 5) is 51.4. The van der Waals surface area contributed by atoms with Gasteiger partial charge in [0.2, 0.25) is 0 Å². The first kappa shape index (κ1) is 22.7. The topological polar surface area (TPSA) is 98.8 Å². The van der Waals surface area contributed by atoms with E-state index in [9.17, 15) is 19.2 Å². The molecule has 0 aromatic heterocycles. The van der Waals surface area contributed by atoms with Crippen molar-refractivity contribution in [3.8, 4) is 11.5 Å². The molecule has 0 radical (unpaired) electrons. The molecule has 4 aromatic rings. The Kier molecular flexibility index (Phi) is 6.11. The number of ether oxygens (including phenoxy) is 2. The van der Waals surface area contributed by atoms with Crippen LogP contribution in [0, 0.1) is 0 Å². The average Bonchev–Trinajstić information content (AvgIpc) is 2.91. The SMILES string of the molecule is O=C(COC(=O)c1cccc2c1C(=O)c1ccccc1C2=O)Nc1ccccc1Oc1ccccc1. The Morgan fingerprint density at radius 2 is 1.31 bits per heavy atom. The number of hydrogen-bond acceptors (Lipinski definition) is 6. The highest BCUT2D eigenvalue weighted by atomic mass is 16.5. The minimum atomic E-state index is -0.878. The van der Waals surface area contributed by atoms with Gasteiger partial charge in [-0.2, -0.15) is 0 Å². The van der Waals surface area contributed by atoms with E-state index in [4.69, 9.17) is 9.47 Å². The Morgan fingerprint density at radius 1 is 0.667 bits per heavy atom. The molecular formula is C29H19NO6. The minimum Gasteiger partial charge on any atom is -0.455 e. The molecule has 1 amide bonds. The fourth-order valence-electron chi connectivity index (χ4n) is 3.98. The number of benzene rings is 4. The molecule has 7 heteroatoms. The van der Waals surface area contributed by atoms with E-state index in [0.29, 0.717) is 17.2 Å². The Morgan fingerprint density at radius 3 is 2.08 bits per heavy atom. The van der Waals surface area contributed by atoms with Crippen LogP contribution in [-0.2, 0) is 9.53 Å². The summed E-state index contributed by atoms with van der Waals surface area (Å²) in [7, 11) is 0. The van der Waals surface area contributed by atoms with Gasteiger partial charge in [0.05, 0.1) is 11.3 Å². The predicted octanol–water partition coefficient (Wildman–Crippen LogP) is 5.05. The zero-order chi connectivity index (χ0) is 25.1. The molecular weight excluding hydrogens is 458 g/mol. The van der Waals surface area contributed by atoms with Gasteiger partial charge in [0.1, 0.15) is 5.75 Å². The van der Waals surface area contributed by atoms with Crippen molar-refractivity contribution in [3.05, 3.63) is 125 Å². The monoisotopic (exact) mass is 477 g/mol. The first-order valence-corrected chi connectivity index (χ1v) is 11.1. The molecule has 0 saturated carbocycles. The van der Waals surface area contributed by atoms with Gasteiger partial charge in [-0.05, 0) is 30.3 Å². The lowest BCUT2D eigenvalue weighted by Crippen LogP contribution is -2.26. The second kappa shape index (κ2) is 9.68. The van der Waals surface area contributed by atoms with Gasteiger partial charge in [0.15, 0.2) is 23.9 Å². The second-order valence-electron chi connectivity index (χ2n) is 7.97. The van der Waals surface area contributed by atoms with Crippen molar-refractivity contribution in [3.63, 3.8) is 0 Å². The maximum Gasteiger partial charge on any atom is 0.339 e. The number of amides is 1. The summed E-state index contributed by atoms with van der Waals surface area (Å²) in [5, 5.41) is 2.67. The number of carbonyl (C=O) groups excluding carboxylic acids is 4. The van der Waals surface area contributed by atoms with Crippen molar-refractivity contribution in [2.75, 3.05) is 11.9 Å². The highest BCUT2D eigenvalue weighted by Gasteiger charge is 2.33. The molecule has 176 valence electrons. The highest BCUT2D eigenvalue weighted by Crippen LogP contribution is 2.31. The van der Waals surface area contributed by atoms with Crippen LogP contribution in [0.5, 0.6) is 11.5 Å². The third-order valence-electron chi connectivity index (χ3n) is 5.64. The zero-order valence-corrected chi connectivity index (χ0v) is 18.9. The van der Waals surface area contributed by atoms with Crippen LogP contribution < -0.4 is 10.1 Å². The fourth-order valence-corrected chi connectivity index (χ4v) is 3.98. The lowest BCUT2D eigenvalue weighted by Gasteiger charge is -2.19. The Bertz CT molecular complexity index is 1510. The Balaban J connectivity index is 1.30. The molecule has 1 aliphatic carbocycles. The molecule has 0 atom stereocenters. The number of anilines is 1. The minimum absolute atomic E-state index is 0.0202. The van der Waals surface area contributed by atoms with Crippen molar-refractivity contribution >= 4 is 29.1 Å². The van der Waals surface area contributed by atoms with Gasteiger partial charge >= 0.3 is 5.97 Å². The molecule has 1 N–H and O–H groups in total. The molecule has 5 rings (SSSR count). The van der Waals surface area contributed by atoms with E-state index in [-0.39, 0.29) is 33.6 Å². The molecule has 0 heterocycles. The van der Waals surface area contributed by atoms with E-state index < -0.39 is 24.3 Å². The number of rotatable bonds is 6. The molecule has 1 aliphatic rings. The molecule has 0 aliphatic heterocycles.